The first kappa shape index (κ1) is 16.9. The molecule has 0 saturated carbocycles. The van der Waals surface area contributed by atoms with Gasteiger partial charge in [0.05, 0.1) is 13.2 Å². The lowest BCUT2D eigenvalue weighted by atomic mass is 10.1. The average molecular weight is 272 g/mol. The van der Waals surface area contributed by atoms with Crippen molar-refractivity contribution in [3.8, 4) is 0 Å². The molecular formula is C15H32N2O2. The van der Waals surface area contributed by atoms with Crippen molar-refractivity contribution >= 4 is 0 Å². The number of unbranched alkanes of at least 4 members (excludes halogenated alkanes) is 1. The van der Waals surface area contributed by atoms with Crippen LogP contribution < -0.4 is 5.32 Å². The van der Waals surface area contributed by atoms with Gasteiger partial charge in [0.25, 0.3) is 0 Å². The number of rotatable bonds is 10. The lowest BCUT2D eigenvalue weighted by Crippen LogP contribution is -2.31. The van der Waals surface area contributed by atoms with Gasteiger partial charge in [0.2, 0.25) is 0 Å². The van der Waals surface area contributed by atoms with Crippen LogP contribution in [-0.2, 0) is 9.47 Å². The molecule has 1 atom stereocenters. The predicted molar refractivity (Wildman–Crippen MR) is 79.7 cm³/mol. The Kier molecular flexibility index (Phi) is 10.4. The molecule has 4 heteroatoms. The topological polar surface area (TPSA) is 33.7 Å². The lowest BCUT2D eigenvalue weighted by molar-refractivity contribution is 0.0687. The first-order valence-electron chi connectivity index (χ1n) is 7.89. The third-order valence-corrected chi connectivity index (χ3v) is 3.85. The number of hydrogen-bond acceptors (Lipinski definition) is 4. The molecule has 0 bridgehead atoms. The molecule has 1 heterocycles. The zero-order chi connectivity index (χ0) is 13.8. The van der Waals surface area contributed by atoms with Crippen LogP contribution in [0.2, 0.25) is 0 Å². The molecule has 0 aromatic rings. The van der Waals surface area contributed by atoms with Crippen molar-refractivity contribution in [2.45, 2.75) is 45.1 Å². The minimum atomic E-state index is 0.703. The minimum Gasteiger partial charge on any atom is -0.382 e. The molecule has 4 nitrogen and oxygen atoms in total. The van der Waals surface area contributed by atoms with E-state index >= 15 is 0 Å². The molecule has 0 spiro atoms. The number of ether oxygens (including phenoxy) is 2. The first-order valence-corrected chi connectivity index (χ1v) is 7.89. The van der Waals surface area contributed by atoms with E-state index in [1.807, 2.05) is 0 Å². The molecular weight excluding hydrogens is 240 g/mol. The van der Waals surface area contributed by atoms with E-state index in [0.29, 0.717) is 6.61 Å². The molecule has 19 heavy (non-hydrogen) atoms. The number of nitrogens with zero attached hydrogens (tertiary/aromatic N) is 1. The van der Waals surface area contributed by atoms with Gasteiger partial charge in [0.15, 0.2) is 0 Å². The largest absolute Gasteiger partial charge is 0.382 e. The maximum atomic E-state index is 5.46. The Bertz CT molecular complexity index is 203. The van der Waals surface area contributed by atoms with E-state index in [4.69, 9.17) is 9.47 Å². The number of likely N-dealkylation sites (tertiary alicyclic amines) is 1. The van der Waals surface area contributed by atoms with Crippen molar-refractivity contribution in [3.63, 3.8) is 0 Å². The second kappa shape index (κ2) is 11.6. The normalized spacial score (nSPS) is 21.5. The van der Waals surface area contributed by atoms with Gasteiger partial charge in [-0.25, -0.2) is 0 Å². The summed E-state index contributed by atoms with van der Waals surface area (Å²) in [7, 11) is 1.71. The van der Waals surface area contributed by atoms with Crippen LogP contribution in [0, 0.1) is 0 Å². The van der Waals surface area contributed by atoms with E-state index in [0.717, 1.165) is 32.2 Å². The number of nitrogens with one attached hydrogen (secondary N) is 1. The Balaban J connectivity index is 1.91. The Morgan fingerprint density at radius 1 is 1.11 bits per heavy atom. The summed E-state index contributed by atoms with van der Waals surface area (Å²) in [6, 6.07) is 0.728. The quantitative estimate of drug-likeness (QED) is 0.616. The third-order valence-electron chi connectivity index (χ3n) is 3.85. The predicted octanol–water partition coefficient (Wildman–Crippen LogP) is 1.89. The van der Waals surface area contributed by atoms with Gasteiger partial charge >= 0.3 is 0 Å². The summed E-state index contributed by atoms with van der Waals surface area (Å²) >= 11 is 0. The van der Waals surface area contributed by atoms with Crippen LogP contribution in [-0.4, -0.2) is 64.1 Å². The molecule has 1 fully saturated rings. The van der Waals surface area contributed by atoms with Crippen LogP contribution in [0.25, 0.3) is 0 Å². The van der Waals surface area contributed by atoms with Crippen molar-refractivity contribution < 1.29 is 9.47 Å². The van der Waals surface area contributed by atoms with Gasteiger partial charge in [0, 0.05) is 19.8 Å². The third kappa shape index (κ3) is 8.58. The Morgan fingerprint density at radius 2 is 2.00 bits per heavy atom. The summed E-state index contributed by atoms with van der Waals surface area (Å²) in [6.07, 6.45) is 6.33. The van der Waals surface area contributed by atoms with E-state index in [2.05, 4.69) is 17.1 Å². The van der Waals surface area contributed by atoms with Crippen molar-refractivity contribution in [3.05, 3.63) is 0 Å². The highest BCUT2D eigenvalue weighted by molar-refractivity contribution is 4.74. The smallest absolute Gasteiger partial charge is 0.0700 e. The van der Waals surface area contributed by atoms with Crippen LogP contribution in [0.15, 0.2) is 0 Å². The molecule has 1 unspecified atom stereocenters. The molecule has 1 N–H and O–H groups in total. The summed E-state index contributed by atoms with van der Waals surface area (Å²) in [5, 5.41) is 3.70. The average Bonchev–Trinajstić information content (AvgIpc) is 2.67. The van der Waals surface area contributed by atoms with Crippen LogP contribution in [0.4, 0.5) is 0 Å². The zero-order valence-corrected chi connectivity index (χ0v) is 12.8. The highest BCUT2D eigenvalue weighted by Gasteiger charge is 2.14. The van der Waals surface area contributed by atoms with E-state index < -0.39 is 0 Å². The van der Waals surface area contributed by atoms with Gasteiger partial charge in [-0.05, 0) is 58.3 Å². The van der Waals surface area contributed by atoms with E-state index in [9.17, 15) is 0 Å². The molecule has 1 aliphatic heterocycles. The van der Waals surface area contributed by atoms with Crippen molar-refractivity contribution in [2.24, 2.45) is 0 Å². The maximum Gasteiger partial charge on any atom is 0.0700 e. The SMILES string of the molecule is CCN1CCCC(NCCCCOCCOC)CC1. The molecule has 0 amide bonds. The van der Waals surface area contributed by atoms with Crippen LogP contribution >= 0.6 is 0 Å². The summed E-state index contributed by atoms with van der Waals surface area (Å²) in [6.45, 7) is 9.41. The molecule has 1 rings (SSSR count). The molecule has 0 aromatic heterocycles. The number of methoxy groups -OCH3 is 1. The Hall–Kier alpha value is -0.160. The van der Waals surface area contributed by atoms with E-state index in [1.54, 1.807) is 7.11 Å². The molecule has 0 aromatic carbocycles. The fourth-order valence-electron chi connectivity index (χ4n) is 2.56. The van der Waals surface area contributed by atoms with Gasteiger partial charge in [-0.15, -0.1) is 0 Å². The summed E-state index contributed by atoms with van der Waals surface area (Å²) in [4.78, 5) is 2.56. The van der Waals surface area contributed by atoms with Crippen molar-refractivity contribution in [1.29, 1.82) is 0 Å². The highest BCUT2D eigenvalue weighted by Crippen LogP contribution is 2.10. The van der Waals surface area contributed by atoms with Crippen LogP contribution in [0.5, 0.6) is 0 Å². The zero-order valence-electron chi connectivity index (χ0n) is 12.8. The molecule has 0 radical (unpaired) electrons. The van der Waals surface area contributed by atoms with Crippen LogP contribution in [0.3, 0.4) is 0 Å². The fraction of sp³-hybridized carbons (Fsp3) is 1.00. The summed E-state index contributed by atoms with van der Waals surface area (Å²) in [5.41, 5.74) is 0. The minimum absolute atomic E-state index is 0.703. The lowest BCUT2D eigenvalue weighted by Gasteiger charge is -2.18. The second-order valence-corrected chi connectivity index (χ2v) is 5.33. The van der Waals surface area contributed by atoms with E-state index in [1.165, 1.54) is 45.3 Å². The van der Waals surface area contributed by atoms with Crippen LogP contribution in [0.1, 0.15) is 39.0 Å². The van der Waals surface area contributed by atoms with Crippen molar-refractivity contribution in [2.75, 3.05) is 53.1 Å². The molecule has 1 saturated heterocycles. The molecule has 0 aliphatic carbocycles. The maximum absolute atomic E-state index is 5.46. The van der Waals surface area contributed by atoms with Gasteiger partial charge in [-0.1, -0.05) is 6.92 Å². The highest BCUT2D eigenvalue weighted by atomic mass is 16.5. The number of hydrogen-bond donors (Lipinski definition) is 1. The standard InChI is InChI=1S/C15H32N2O2/c1-3-17-10-6-7-15(8-11-17)16-9-4-5-12-19-14-13-18-2/h15-16H,3-14H2,1-2H3. The molecule has 114 valence electrons. The van der Waals surface area contributed by atoms with Gasteiger partial charge in [0.1, 0.15) is 0 Å². The second-order valence-electron chi connectivity index (χ2n) is 5.33. The summed E-state index contributed by atoms with van der Waals surface area (Å²) < 4.78 is 10.4. The van der Waals surface area contributed by atoms with Gasteiger partial charge in [-0.3, -0.25) is 0 Å². The van der Waals surface area contributed by atoms with Gasteiger partial charge in [-0.2, -0.15) is 0 Å². The van der Waals surface area contributed by atoms with E-state index in [-0.39, 0.29) is 0 Å². The molecule has 1 aliphatic rings. The Morgan fingerprint density at radius 3 is 2.79 bits per heavy atom. The van der Waals surface area contributed by atoms with Crippen molar-refractivity contribution in [1.82, 2.24) is 10.2 Å². The first-order chi connectivity index (χ1) is 9.36. The van der Waals surface area contributed by atoms with Gasteiger partial charge < -0.3 is 19.7 Å². The fourth-order valence-corrected chi connectivity index (χ4v) is 2.56. The Labute approximate surface area is 118 Å². The summed E-state index contributed by atoms with van der Waals surface area (Å²) in [5.74, 6) is 0. The monoisotopic (exact) mass is 272 g/mol.